The van der Waals surface area contributed by atoms with Crippen molar-refractivity contribution >= 4 is 34.9 Å². The minimum atomic E-state index is -0.380. The monoisotopic (exact) mass is 432 g/mol. The van der Waals surface area contributed by atoms with E-state index in [1.54, 1.807) is 18.2 Å². The second-order valence-electron chi connectivity index (χ2n) is 9.09. The Morgan fingerprint density at radius 1 is 1.17 bits per heavy atom. The average molecular weight is 433 g/mol. The van der Waals surface area contributed by atoms with E-state index in [0.29, 0.717) is 16.4 Å². The van der Waals surface area contributed by atoms with Gasteiger partial charge in [-0.1, -0.05) is 32.9 Å². The molecule has 1 aromatic carbocycles. The SMILES string of the molecule is CC(C)(C)C1CCC(C(=O)NCCN2C(=O)SC(=Cc3ccc(F)cc3)C2=O)CC1. The van der Waals surface area contributed by atoms with E-state index < -0.39 is 0 Å². The van der Waals surface area contributed by atoms with Crippen molar-refractivity contribution in [3.8, 4) is 0 Å². The molecule has 0 atom stereocenters. The van der Waals surface area contributed by atoms with Crippen molar-refractivity contribution < 1.29 is 18.8 Å². The number of benzene rings is 1. The van der Waals surface area contributed by atoms with Crippen LogP contribution in [0.5, 0.6) is 0 Å². The normalized spacial score (nSPS) is 23.9. The van der Waals surface area contributed by atoms with Crippen molar-refractivity contribution in [1.29, 1.82) is 0 Å². The number of carbonyl (C=O) groups excluding carboxylic acids is 3. The molecule has 0 aromatic heterocycles. The fraction of sp³-hybridized carbons (Fsp3) is 0.522. The highest BCUT2D eigenvalue weighted by atomic mass is 32.2. The molecule has 0 radical (unpaired) electrons. The Morgan fingerprint density at radius 3 is 2.40 bits per heavy atom. The molecule has 0 bridgehead atoms. The lowest BCUT2D eigenvalue weighted by atomic mass is 9.70. The molecule has 1 aliphatic heterocycles. The summed E-state index contributed by atoms with van der Waals surface area (Å²) in [4.78, 5) is 38.7. The van der Waals surface area contributed by atoms with Gasteiger partial charge in [-0.3, -0.25) is 19.3 Å². The Bertz CT molecular complexity index is 837. The molecule has 3 rings (SSSR count). The third-order valence-corrected chi connectivity index (χ3v) is 6.91. The van der Waals surface area contributed by atoms with Crippen LogP contribution in [-0.4, -0.2) is 35.0 Å². The largest absolute Gasteiger partial charge is 0.354 e. The van der Waals surface area contributed by atoms with Crippen LogP contribution in [0.3, 0.4) is 0 Å². The summed E-state index contributed by atoms with van der Waals surface area (Å²) in [5.74, 6) is -0.0741. The second kappa shape index (κ2) is 9.33. The van der Waals surface area contributed by atoms with E-state index in [2.05, 4.69) is 26.1 Å². The third-order valence-electron chi connectivity index (χ3n) is 6.00. The number of rotatable bonds is 5. The van der Waals surface area contributed by atoms with Crippen LogP contribution in [0.25, 0.3) is 6.08 Å². The van der Waals surface area contributed by atoms with E-state index in [-0.39, 0.29) is 47.3 Å². The minimum absolute atomic E-state index is 0.0104. The molecule has 7 heteroatoms. The van der Waals surface area contributed by atoms with E-state index >= 15 is 0 Å². The summed E-state index contributed by atoms with van der Waals surface area (Å²) in [7, 11) is 0. The van der Waals surface area contributed by atoms with Crippen LogP contribution in [0.2, 0.25) is 0 Å². The summed E-state index contributed by atoms with van der Waals surface area (Å²) in [6.45, 7) is 7.14. The summed E-state index contributed by atoms with van der Waals surface area (Å²) in [6, 6.07) is 5.72. The van der Waals surface area contributed by atoms with Gasteiger partial charge >= 0.3 is 0 Å². The maximum Gasteiger partial charge on any atom is 0.293 e. The van der Waals surface area contributed by atoms with Gasteiger partial charge in [0.25, 0.3) is 11.1 Å². The molecule has 2 fully saturated rings. The summed E-state index contributed by atoms with van der Waals surface area (Å²) >= 11 is 0.862. The topological polar surface area (TPSA) is 66.5 Å². The minimum Gasteiger partial charge on any atom is -0.354 e. The number of carbonyl (C=O) groups is 3. The smallest absolute Gasteiger partial charge is 0.293 e. The fourth-order valence-corrected chi connectivity index (χ4v) is 4.93. The summed E-state index contributed by atoms with van der Waals surface area (Å²) in [6.07, 6.45) is 5.46. The van der Waals surface area contributed by atoms with Crippen LogP contribution in [0.15, 0.2) is 29.2 Å². The van der Waals surface area contributed by atoms with Crippen molar-refractivity contribution in [2.45, 2.75) is 46.5 Å². The molecule has 1 heterocycles. The molecule has 2 aliphatic rings. The number of amides is 3. The maximum atomic E-state index is 13.0. The number of thioether (sulfide) groups is 1. The molecule has 162 valence electrons. The standard InChI is InChI=1S/C23H29FN2O3S/c1-23(2,3)17-8-6-16(7-9-17)20(27)25-12-13-26-21(28)19(30-22(26)29)14-15-4-10-18(24)11-5-15/h4-5,10-11,14,16-17H,6-9,12-13H2,1-3H3,(H,25,27). The van der Waals surface area contributed by atoms with Crippen molar-refractivity contribution in [3.05, 3.63) is 40.6 Å². The molecule has 3 amide bonds. The molecule has 30 heavy (non-hydrogen) atoms. The van der Waals surface area contributed by atoms with Crippen LogP contribution >= 0.6 is 11.8 Å². The maximum absolute atomic E-state index is 13.0. The zero-order valence-electron chi connectivity index (χ0n) is 17.7. The second-order valence-corrected chi connectivity index (χ2v) is 10.1. The van der Waals surface area contributed by atoms with Crippen molar-refractivity contribution in [2.75, 3.05) is 13.1 Å². The third kappa shape index (κ3) is 5.50. The zero-order chi connectivity index (χ0) is 21.9. The van der Waals surface area contributed by atoms with Gasteiger partial charge in [0.15, 0.2) is 0 Å². The molecule has 5 nitrogen and oxygen atoms in total. The van der Waals surface area contributed by atoms with Crippen LogP contribution in [0.1, 0.15) is 52.0 Å². The number of halogens is 1. The van der Waals surface area contributed by atoms with Crippen molar-refractivity contribution in [3.63, 3.8) is 0 Å². The molecular formula is C23H29FN2O3S. The number of hydrogen-bond acceptors (Lipinski definition) is 4. The van der Waals surface area contributed by atoms with Crippen LogP contribution in [0, 0.1) is 23.1 Å². The number of nitrogens with one attached hydrogen (secondary N) is 1. The highest BCUT2D eigenvalue weighted by molar-refractivity contribution is 8.18. The van der Waals surface area contributed by atoms with E-state index in [1.807, 2.05) is 0 Å². The van der Waals surface area contributed by atoms with Gasteiger partial charge in [0.05, 0.1) is 4.91 Å². The number of imide groups is 1. The van der Waals surface area contributed by atoms with Crippen LogP contribution in [-0.2, 0) is 9.59 Å². The highest BCUT2D eigenvalue weighted by Gasteiger charge is 2.35. The molecule has 1 saturated heterocycles. The lowest BCUT2D eigenvalue weighted by Crippen LogP contribution is -2.40. The summed E-state index contributed by atoms with van der Waals surface area (Å²) < 4.78 is 13.0. The van der Waals surface area contributed by atoms with Crippen molar-refractivity contribution in [1.82, 2.24) is 10.2 Å². The van der Waals surface area contributed by atoms with Gasteiger partial charge in [0.1, 0.15) is 5.82 Å². The lowest BCUT2D eigenvalue weighted by Gasteiger charge is -2.36. The van der Waals surface area contributed by atoms with Crippen molar-refractivity contribution in [2.24, 2.45) is 17.3 Å². The van der Waals surface area contributed by atoms with Crippen LogP contribution in [0.4, 0.5) is 9.18 Å². The Kier molecular flexibility index (Phi) is 7.01. The summed E-state index contributed by atoms with van der Waals surface area (Å²) in [5.41, 5.74) is 0.926. The van der Waals surface area contributed by atoms with E-state index in [1.165, 1.54) is 12.1 Å². The Morgan fingerprint density at radius 2 is 1.80 bits per heavy atom. The highest BCUT2D eigenvalue weighted by Crippen LogP contribution is 2.39. The molecule has 0 spiro atoms. The lowest BCUT2D eigenvalue weighted by molar-refractivity contribution is -0.127. The predicted molar refractivity (Wildman–Crippen MR) is 117 cm³/mol. The van der Waals surface area contributed by atoms with Gasteiger partial charge in [-0.25, -0.2) is 4.39 Å². The quantitative estimate of drug-likeness (QED) is 0.677. The first-order chi connectivity index (χ1) is 14.1. The summed E-state index contributed by atoms with van der Waals surface area (Å²) in [5, 5.41) is 2.54. The van der Waals surface area contributed by atoms with E-state index in [0.717, 1.165) is 42.3 Å². The molecular weight excluding hydrogens is 403 g/mol. The molecule has 1 saturated carbocycles. The first kappa shape index (κ1) is 22.5. The number of nitrogens with zero attached hydrogens (tertiary/aromatic N) is 1. The molecule has 1 N–H and O–H groups in total. The van der Waals surface area contributed by atoms with E-state index in [9.17, 15) is 18.8 Å². The Balaban J connectivity index is 1.48. The Hall–Kier alpha value is -2.15. The Labute approximate surface area is 181 Å². The van der Waals surface area contributed by atoms with Gasteiger partial charge < -0.3 is 5.32 Å². The first-order valence-corrected chi connectivity index (χ1v) is 11.3. The van der Waals surface area contributed by atoms with Gasteiger partial charge in [0, 0.05) is 19.0 Å². The first-order valence-electron chi connectivity index (χ1n) is 10.4. The number of hydrogen-bond donors (Lipinski definition) is 1. The molecule has 1 aromatic rings. The van der Waals surface area contributed by atoms with E-state index in [4.69, 9.17) is 0 Å². The fourth-order valence-electron chi connectivity index (χ4n) is 4.06. The van der Waals surface area contributed by atoms with Gasteiger partial charge in [-0.05, 0) is 72.6 Å². The van der Waals surface area contributed by atoms with Gasteiger partial charge in [-0.2, -0.15) is 0 Å². The molecule has 0 unspecified atom stereocenters. The predicted octanol–water partition coefficient (Wildman–Crippen LogP) is 4.83. The average Bonchev–Trinajstić information content (AvgIpc) is 2.96. The van der Waals surface area contributed by atoms with Crippen LogP contribution < -0.4 is 5.32 Å². The van der Waals surface area contributed by atoms with Gasteiger partial charge in [-0.15, -0.1) is 0 Å². The zero-order valence-corrected chi connectivity index (χ0v) is 18.6. The molecule has 1 aliphatic carbocycles. The van der Waals surface area contributed by atoms with Gasteiger partial charge in [0.2, 0.25) is 5.91 Å².